The third-order valence-corrected chi connectivity index (χ3v) is 6.93. The van der Waals surface area contributed by atoms with Gasteiger partial charge >= 0.3 is 0 Å². The zero-order valence-electron chi connectivity index (χ0n) is 18.7. The fourth-order valence-electron chi connectivity index (χ4n) is 3.93. The van der Waals surface area contributed by atoms with Gasteiger partial charge < -0.3 is 9.80 Å². The first kappa shape index (κ1) is 23.1. The van der Waals surface area contributed by atoms with E-state index in [0.717, 1.165) is 23.5 Å². The highest BCUT2D eigenvalue weighted by Gasteiger charge is 2.24. The maximum absolute atomic E-state index is 12.9. The maximum Gasteiger partial charge on any atom is 0.253 e. The van der Waals surface area contributed by atoms with Gasteiger partial charge in [-0.2, -0.15) is 0 Å². The van der Waals surface area contributed by atoms with Gasteiger partial charge in [0.2, 0.25) is 5.91 Å². The number of hydrogen-bond acceptors (Lipinski definition) is 4. The number of amides is 2. The standard InChI is InChI=1S/C27H29N3O2S/c31-26(10-4-8-22-6-2-1-3-7-22)29-16-18-30(19-17-29)27(32)24-11-13-25(14-12-24)33-21-23-9-5-15-28-20-23/h1-3,5-7,9,11-15,20H,4,8,10,16-19,21H2. The molecule has 2 amide bonds. The van der Waals surface area contributed by atoms with E-state index in [1.54, 1.807) is 18.0 Å². The van der Waals surface area contributed by atoms with Crippen LogP contribution in [0.1, 0.15) is 34.3 Å². The molecule has 0 atom stereocenters. The van der Waals surface area contributed by atoms with E-state index in [-0.39, 0.29) is 11.8 Å². The van der Waals surface area contributed by atoms with Crippen molar-refractivity contribution < 1.29 is 9.59 Å². The Kier molecular flexibility index (Phi) is 8.14. The number of piperazine rings is 1. The highest BCUT2D eigenvalue weighted by Crippen LogP contribution is 2.23. The van der Waals surface area contributed by atoms with Crippen LogP contribution in [0.2, 0.25) is 0 Å². The average molecular weight is 460 g/mol. The Balaban J connectivity index is 1.20. The van der Waals surface area contributed by atoms with Gasteiger partial charge in [0.25, 0.3) is 5.91 Å². The lowest BCUT2D eigenvalue weighted by atomic mass is 10.1. The van der Waals surface area contributed by atoms with Crippen molar-refractivity contribution >= 4 is 23.6 Å². The van der Waals surface area contributed by atoms with Gasteiger partial charge in [-0.25, -0.2) is 0 Å². The van der Waals surface area contributed by atoms with Crippen molar-refractivity contribution in [1.82, 2.24) is 14.8 Å². The summed E-state index contributed by atoms with van der Waals surface area (Å²) in [6.45, 7) is 2.38. The molecular formula is C27H29N3O2S. The quantitative estimate of drug-likeness (QED) is 0.459. The van der Waals surface area contributed by atoms with Crippen molar-refractivity contribution in [2.45, 2.75) is 29.9 Å². The van der Waals surface area contributed by atoms with Crippen LogP contribution in [-0.2, 0) is 17.0 Å². The smallest absolute Gasteiger partial charge is 0.253 e. The van der Waals surface area contributed by atoms with Gasteiger partial charge in [-0.15, -0.1) is 11.8 Å². The molecule has 0 N–H and O–H groups in total. The third kappa shape index (κ3) is 6.68. The number of thioether (sulfide) groups is 1. The molecule has 0 radical (unpaired) electrons. The van der Waals surface area contributed by atoms with Gasteiger partial charge in [-0.05, 0) is 54.3 Å². The number of aromatic nitrogens is 1. The molecule has 3 aromatic rings. The number of carbonyl (C=O) groups excluding carboxylic acids is 2. The molecule has 33 heavy (non-hydrogen) atoms. The number of aryl methyl sites for hydroxylation is 1. The van der Waals surface area contributed by atoms with Crippen molar-refractivity contribution in [1.29, 1.82) is 0 Å². The van der Waals surface area contributed by atoms with Crippen molar-refractivity contribution in [3.05, 3.63) is 95.8 Å². The molecule has 1 aromatic heterocycles. The molecule has 2 aromatic carbocycles. The molecule has 0 bridgehead atoms. The van der Waals surface area contributed by atoms with Gasteiger partial charge in [0, 0.05) is 61.2 Å². The first-order valence-corrected chi connectivity index (χ1v) is 12.4. The molecule has 1 fully saturated rings. The summed E-state index contributed by atoms with van der Waals surface area (Å²) >= 11 is 1.73. The summed E-state index contributed by atoms with van der Waals surface area (Å²) in [6.07, 6.45) is 5.98. The Bertz CT molecular complexity index is 1030. The topological polar surface area (TPSA) is 53.5 Å². The summed E-state index contributed by atoms with van der Waals surface area (Å²) in [5.74, 6) is 1.07. The van der Waals surface area contributed by atoms with Crippen LogP contribution < -0.4 is 0 Å². The predicted octanol–water partition coefficient (Wildman–Crippen LogP) is 4.68. The minimum Gasteiger partial charge on any atom is -0.339 e. The van der Waals surface area contributed by atoms with Crippen LogP contribution in [-0.4, -0.2) is 52.8 Å². The molecular weight excluding hydrogens is 430 g/mol. The molecule has 170 valence electrons. The predicted molar refractivity (Wildman–Crippen MR) is 132 cm³/mol. The van der Waals surface area contributed by atoms with Crippen molar-refractivity contribution in [2.75, 3.05) is 26.2 Å². The van der Waals surface area contributed by atoms with Crippen LogP contribution in [0.15, 0.2) is 84.0 Å². The molecule has 0 saturated carbocycles. The van der Waals surface area contributed by atoms with Crippen molar-refractivity contribution in [2.24, 2.45) is 0 Å². The lowest BCUT2D eigenvalue weighted by Gasteiger charge is -2.35. The molecule has 4 rings (SSSR count). The van der Waals surface area contributed by atoms with E-state index < -0.39 is 0 Å². The minimum atomic E-state index is 0.0370. The lowest BCUT2D eigenvalue weighted by Crippen LogP contribution is -2.50. The normalized spacial score (nSPS) is 13.7. The number of benzene rings is 2. The monoisotopic (exact) mass is 459 g/mol. The SMILES string of the molecule is O=C(CCCc1ccccc1)N1CCN(C(=O)c2ccc(SCc3cccnc3)cc2)CC1. The summed E-state index contributed by atoms with van der Waals surface area (Å²) in [6, 6.07) is 22.1. The second-order valence-corrected chi connectivity index (χ2v) is 9.24. The van der Waals surface area contributed by atoms with E-state index >= 15 is 0 Å². The molecule has 0 spiro atoms. The van der Waals surface area contributed by atoms with E-state index in [1.165, 1.54) is 11.1 Å². The van der Waals surface area contributed by atoms with Crippen LogP contribution >= 0.6 is 11.8 Å². The fraction of sp³-hybridized carbons (Fsp3) is 0.296. The van der Waals surface area contributed by atoms with Crippen molar-refractivity contribution in [3.63, 3.8) is 0 Å². The Labute approximate surface area is 199 Å². The Morgan fingerprint density at radius 3 is 2.21 bits per heavy atom. The van der Waals surface area contributed by atoms with E-state index in [2.05, 4.69) is 23.2 Å². The minimum absolute atomic E-state index is 0.0370. The van der Waals surface area contributed by atoms with Gasteiger partial charge in [-0.3, -0.25) is 14.6 Å². The molecule has 2 heterocycles. The number of nitrogens with zero attached hydrogens (tertiary/aromatic N) is 3. The van der Waals surface area contributed by atoms with Crippen LogP contribution in [0.25, 0.3) is 0 Å². The molecule has 1 saturated heterocycles. The second kappa shape index (κ2) is 11.7. The molecule has 6 heteroatoms. The number of rotatable bonds is 8. The van der Waals surface area contributed by atoms with E-state index in [0.29, 0.717) is 38.2 Å². The summed E-state index contributed by atoms with van der Waals surface area (Å²) in [4.78, 5) is 34.5. The summed E-state index contributed by atoms with van der Waals surface area (Å²) < 4.78 is 0. The summed E-state index contributed by atoms with van der Waals surface area (Å²) in [5, 5.41) is 0. The molecule has 1 aliphatic heterocycles. The highest BCUT2D eigenvalue weighted by atomic mass is 32.2. The van der Waals surface area contributed by atoms with Crippen LogP contribution in [0.3, 0.4) is 0 Å². The number of hydrogen-bond donors (Lipinski definition) is 0. The van der Waals surface area contributed by atoms with Crippen LogP contribution in [0.4, 0.5) is 0 Å². The first-order chi connectivity index (χ1) is 16.2. The highest BCUT2D eigenvalue weighted by molar-refractivity contribution is 7.98. The molecule has 5 nitrogen and oxygen atoms in total. The maximum atomic E-state index is 12.9. The molecule has 0 aliphatic carbocycles. The van der Waals surface area contributed by atoms with Crippen LogP contribution in [0.5, 0.6) is 0 Å². The number of pyridine rings is 1. The third-order valence-electron chi connectivity index (χ3n) is 5.85. The van der Waals surface area contributed by atoms with Gasteiger partial charge in [0.05, 0.1) is 0 Å². The molecule has 1 aliphatic rings. The zero-order chi connectivity index (χ0) is 22.9. The van der Waals surface area contributed by atoms with E-state index in [1.807, 2.05) is 64.5 Å². The average Bonchev–Trinajstić information content (AvgIpc) is 2.88. The molecule has 0 unspecified atom stereocenters. The first-order valence-electron chi connectivity index (χ1n) is 11.4. The lowest BCUT2D eigenvalue weighted by molar-refractivity contribution is -0.132. The summed E-state index contributed by atoms with van der Waals surface area (Å²) in [5.41, 5.74) is 3.14. The van der Waals surface area contributed by atoms with Gasteiger partial charge in [0.15, 0.2) is 0 Å². The fourth-order valence-corrected chi connectivity index (χ4v) is 4.76. The van der Waals surface area contributed by atoms with E-state index in [9.17, 15) is 9.59 Å². The second-order valence-electron chi connectivity index (χ2n) is 8.19. The Hall–Kier alpha value is -3.12. The Morgan fingerprint density at radius 2 is 1.52 bits per heavy atom. The van der Waals surface area contributed by atoms with Crippen molar-refractivity contribution in [3.8, 4) is 0 Å². The van der Waals surface area contributed by atoms with Crippen LogP contribution in [0, 0.1) is 0 Å². The summed E-state index contributed by atoms with van der Waals surface area (Å²) in [7, 11) is 0. The van der Waals surface area contributed by atoms with E-state index in [4.69, 9.17) is 0 Å². The van der Waals surface area contributed by atoms with Gasteiger partial charge in [-0.1, -0.05) is 36.4 Å². The Morgan fingerprint density at radius 1 is 0.818 bits per heavy atom. The number of carbonyl (C=O) groups is 2. The largest absolute Gasteiger partial charge is 0.339 e. The zero-order valence-corrected chi connectivity index (χ0v) is 19.5. The van der Waals surface area contributed by atoms with Gasteiger partial charge in [0.1, 0.15) is 0 Å².